The molecule has 2 aromatic heterocycles. The molecule has 0 radical (unpaired) electrons. The summed E-state index contributed by atoms with van der Waals surface area (Å²) >= 11 is 0. The maximum atomic E-state index is 4.77. The fourth-order valence-electron chi connectivity index (χ4n) is 4.20. The maximum Gasteiger partial charge on any atom is 0.0597 e. The number of hydrogen-bond donors (Lipinski definition) is 0. The maximum absolute atomic E-state index is 4.77. The topological polar surface area (TPSA) is 32.3 Å². The van der Waals surface area contributed by atoms with E-state index in [1.165, 1.54) is 28.1 Å². The van der Waals surface area contributed by atoms with Crippen LogP contribution in [0.4, 0.5) is 5.69 Å². The van der Waals surface area contributed by atoms with Gasteiger partial charge in [0.05, 0.1) is 17.6 Å². The van der Waals surface area contributed by atoms with Crippen LogP contribution in [0.3, 0.4) is 0 Å². The molecular weight excluding hydrogens is 308 g/mol. The monoisotopic (exact) mass is 334 g/mol. The van der Waals surface area contributed by atoms with Crippen LogP contribution in [0.25, 0.3) is 0 Å². The van der Waals surface area contributed by atoms with E-state index in [-0.39, 0.29) is 0 Å². The van der Waals surface area contributed by atoms with Crippen LogP contribution in [0, 0.1) is 19.8 Å². The highest BCUT2D eigenvalue weighted by Gasteiger charge is 2.34. The molecule has 1 saturated heterocycles. The predicted molar refractivity (Wildman–Crippen MR) is 102 cm³/mol. The zero-order valence-corrected chi connectivity index (χ0v) is 15.4. The average molecular weight is 334 g/mol. The van der Waals surface area contributed by atoms with Crippen LogP contribution >= 0.6 is 0 Å². The standard InChI is InChI=1S/C21H26N4/c1-14-8-16(3)23-20-13-24(17(4)21(14)20)10-15(2)18-11-25(12-18)19-6-5-7-22-9-19/h5-9,17-18H,2,10-13H2,1,3-4H3. The van der Waals surface area contributed by atoms with Crippen LogP contribution in [-0.4, -0.2) is 34.5 Å². The second kappa shape index (κ2) is 6.26. The second-order valence-corrected chi connectivity index (χ2v) is 7.49. The summed E-state index contributed by atoms with van der Waals surface area (Å²) in [6, 6.07) is 6.75. The molecule has 4 rings (SSSR count). The Bertz CT molecular complexity index is 793. The minimum atomic E-state index is 0.425. The Hall–Kier alpha value is -2.20. The van der Waals surface area contributed by atoms with Crippen LogP contribution in [0.2, 0.25) is 0 Å². The van der Waals surface area contributed by atoms with Crippen molar-refractivity contribution in [2.24, 2.45) is 5.92 Å². The van der Waals surface area contributed by atoms with E-state index in [1.54, 1.807) is 0 Å². The van der Waals surface area contributed by atoms with Crippen molar-refractivity contribution in [3.63, 3.8) is 0 Å². The molecule has 0 aliphatic carbocycles. The summed E-state index contributed by atoms with van der Waals surface area (Å²) < 4.78 is 0. The first-order chi connectivity index (χ1) is 12.0. The van der Waals surface area contributed by atoms with E-state index in [9.17, 15) is 0 Å². The van der Waals surface area contributed by atoms with Gasteiger partial charge in [0.25, 0.3) is 0 Å². The minimum Gasteiger partial charge on any atom is -0.369 e. The van der Waals surface area contributed by atoms with Crippen molar-refractivity contribution in [1.29, 1.82) is 0 Å². The van der Waals surface area contributed by atoms with E-state index in [1.807, 2.05) is 18.5 Å². The highest BCUT2D eigenvalue weighted by molar-refractivity contribution is 5.47. The molecule has 1 unspecified atom stereocenters. The van der Waals surface area contributed by atoms with Gasteiger partial charge in [-0.1, -0.05) is 12.2 Å². The smallest absolute Gasteiger partial charge is 0.0597 e. The molecule has 1 atom stereocenters. The normalized spacial score (nSPS) is 20.4. The zero-order chi connectivity index (χ0) is 17.6. The summed E-state index contributed by atoms with van der Waals surface area (Å²) in [5, 5.41) is 0. The highest BCUT2D eigenvalue weighted by atomic mass is 15.2. The molecule has 0 spiro atoms. The van der Waals surface area contributed by atoms with Crippen molar-refractivity contribution < 1.29 is 0 Å². The third-order valence-electron chi connectivity index (χ3n) is 5.67. The van der Waals surface area contributed by atoms with E-state index in [4.69, 9.17) is 4.98 Å². The van der Waals surface area contributed by atoms with E-state index in [2.05, 4.69) is 54.3 Å². The largest absolute Gasteiger partial charge is 0.369 e. The van der Waals surface area contributed by atoms with Gasteiger partial charge in [-0.15, -0.1) is 0 Å². The fourth-order valence-corrected chi connectivity index (χ4v) is 4.20. The first-order valence-corrected chi connectivity index (χ1v) is 9.06. The lowest BCUT2D eigenvalue weighted by molar-refractivity contribution is 0.237. The number of fused-ring (bicyclic) bond motifs is 1. The number of pyridine rings is 2. The molecule has 4 heterocycles. The third-order valence-corrected chi connectivity index (χ3v) is 5.67. The molecule has 4 heteroatoms. The van der Waals surface area contributed by atoms with Gasteiger partial charge in [-0.3, -0.25) is 14.9 Å². The average Bonchev–Trinajstić information content (AvgIpc) is 2.82. The Kier molecular flexibility index (Phi) is 4.08. The molecule has 0 saturated carbocycles. The zero-order valence-electron chi connectivity index (χ0n) is 15.4. The van der Waals surface area contributed by atoms with Crippen molar-refractivity contribution >= 4 is 5.69 Å². The van der Waals surface area contributed by atoms with Crippen molar-refractivity contribution in [1.82, 2.24) is 14.9 Å². The van der Waals surface area contributed by atoms with Gasteiger partial charge in [0.2, 0.25) is 0 Å². The second-order valence-electron chi connectivity index (χ2n) is 7.49. The SMILES string of the molecule is C=C(CN1Cc2nc(C)cc(C)c2C1C)C1CN(c2cccnc2)C1. The Morgan fingerprint density at radius 2 is 2.12 bits per heavy atom. The number of hydrogen-bond acceptors (Lipinski definition) is 4. The molecule has 1 fully saturated rings. The van der Waals surface area contributed by atoms with Crippen LogP contribution in [0.1, 0.15) is 35.5 Å². The van der Waals surface area contributed by atoms with Crippen LogP contribution in [0.15, 0.2) is 42.7 Å². The third kappa shape index (κ3) is 2.95. The Morgan fingerprint density at radius 1 is 1.32 bits per heavy atom. The van der Waals surface area contributed by atoms with Gasteiger partial charge in [-0.05, 0) is 50.1 Å². The number of aromatic nitrogens is 2. The number of anilines is 1. The minimum absolute atomic E-state index is 0.425. The van der Waals surface area contributed by atoms with Gasteiger partial charge >= 0.3 is 0 Å². The van der Waals surface area contributed by atoms with Crippen molar-refractivity contribution in [2.75, 3.05) is 24.5 Å². The summed E-state index contributed by atoms with van der Waals surface area (Å²) in [4.78, 5) is 13.9. The summed E-state index contributed by atoms with van der Waals surface area (Å²) in [5.41, 5.74) is 7.72. The van der Waals surface area contributed by atoms with E-state index in [0.717, 1.165) is 31.9 Å². The summed E-state index contributed by atoms with van der Waals surface area (Å²) in [6.45, 7) is 15.0. The lowest BCUT2D eigenvalue weighted by Gasteiger charge is -2.42. The molecule has 130 valence electrons. The van der Waals surface area contributed by atoms with Crippen molar-refractivity contribution in [3.8, 4) is 0 Å². The number of aryl methyl sites for hydroxylation is 2. The molecule has 25 heavy (non-hydrogen) atoms. The van der Waals surface area contributed by atoms with Crippen LogP contribution < -0.4 is 4.90 Å². The van der Waals surface area contributed by atoms with Crippen LogP contribution in [0.5, 0.6) is 0 Å². The lowest BCUT2D eigenvalue weighted by Crippen LogP contribution is -2.48. The lowest BCUT2D eigenvalue weighted by atomic mass is 9.91. The van der Waals surface area contributed by atoms with Gasteiger partial charge < -0.3 is 4.90 Å². The molecule has 0 amide bonds. The molecule has 0 bridgehead atoms. The van der Waals surface area contributed by atoms with Crippen molar-refractivity contribution in [2.45, 2.75) is 33.4 Å². The molecule has 2 aliphatic rings. The quantitative estimate of drug-likeness (QED) is 0.799. The Balaban J connectivity index is 1.38. The van der Waals surface area contributed by atoms with E-state index >= 15 is 0 Å². The van der Waals surface area contributed by atoms with Crippen molar-refractivity contribution in [3.05, 3.63) is 65.3 Å². The van der Waals surface area contributed by atoms with Gasteiger partial charge in [0, 0.05) is 50.0 Å². The molecule has 0 N–H and O–H groups in total. The molecule has 0 aromatic carbocycles. The Morgan fingerprint density at radius 3 is 2.84 bits per heavy atom. The molecule has 4 nitrogen and oxygen atoms in total. The Labute approximate surface area is 150 Å². The highest BCUT2D eigenvalue weighted by Crippen LogP contribution is 2.36. The van der Waals surface area contributed by atoms with Gasteiger partial charge in [0.1, 0.15) is 0 Å². The molecule has 2 aromatic rings. The summed E-state index contributed by atoms with van der Waals surface area (Å²) in [7, 11) is 0. The van der Waals surface area contributed by atoms with E-state index < -0.39 is 0 Å². The molecular formula is C21H26N4. The first-order valence-electron chi connectivity index (χ1n) is 9.06. The number of nitrogens with zero attached hydrogens (tertiary/aromatic N) is 4. The number of rotatable bonds is 4. The summed E-state index contributed by atoms with van der Waals surface area (Å²) in [5.74, 6) is 0.576. The summed E-state index contributed by atoms with van der Waals surface area (Å²) in [6.07, 6.45) is 3.76. The van der Waals surface area contributed by atoms with Gasteiger partial charge in [0.15, 0.2) is 0 Å². The molecule has 2 aliphatic heterocycles. The first kappa shape index (κ1) is 16.3. The predicted octanol–water partition coefficient (Wildman–Crippen LogP) is 3.66. The van der Waals surface area contributed by atoms with Crippen LogP contribution in [-0.2, 0) is 6.54 Å². The fraction of sp³-hybridized carbons (Fsp3) is 0.429. The van der Waals surface area contributed by atoms with E-state index in [0.29, 0.717) is 12.0 Å². The van der Waals surface area contributed by atoms with Gasteiger partial charge in [-0.25, -0.2) is 0 Å². The van der Waals surface area contributed by atoms with Gasteiger partial charge in [-0.2, -0.15) is 0 Å².